The zero-order chi connectivity index (χ0) is 18.6. The fraction of sp³-hybridized carbons (Fsp3) is 0.150. The van der Waals surface area contributed by atoms with Gasteiger partial charge in [-0.2, -0.15) is 0 Å². The largest absolute Gasteiger partial charge is 0.462 e. The third-order valence-electron chi connectivity index (χ3n) is 3.99. The first-order valence-electron chi connectivity index (χ1n) is 8.48. The molecular formula is C20H17N3O3S. The molecule has 4 aromatic rings. The van der Waals surface area contributed by atoms with E-state index in [9.17, 15) is 4.79 Å². The minimum atomic E-state index is -0.216. The van der Waals surface area contributed by atoms with Crippen LogP contribution in [-0.2, 0) is 6.42 Å². The second-order valence-corrected chi connectivity index (χ2v) is 6.89. The van der Waals surface area contributed by atoms with Crippen molar-refractivity contribution < 1.29 is 13.6 Å². The van der Waals surface area contributed by atoms with E-state index in [0.717, 1.165) is 11.3 Å². The fourth-order valence-corrected chi connectivity index (χ4v) is 3.30. The molecule has 7 heteroatoms. The number of hydrogen-bond donors (Lipinski definition) is 1. The Bertz CT molecular complexity index is 1030. The van der Waals surface area contributed by atoms with Crippen LogP contribution in [0.1, 0.15) is 21.7 Å². The van der Waals surface area contributed by atoms with Gasteiger partial charge < -0.3 is 14.2 Å². The minimum Gasteiger partial charge on any atom is -0.462 e. The van der Waals surface area contributed by atoms with Gasteiger partial charge in [0.15, 0.2) is 10.8 Å². The van der Waals surface area contributed by atoms with Gasteiger partial charge in [0.25, 0.3) is 5.91 Å². The number of oxazole rings is 1. The van der Waals surface area contributed by atoms with Crippen molar-refractivity contribution in [2.75, 3.05) is 6.54 Å². The second kappa shape index (κ2) is 7.59. The molecule has 1 aromatic carbocycles. The molecule has 3 heterocycles. The molecule has 0 atom stereocenters. The molecule has 136 valence electrons. The van der Waals surface area contributed by atoms with Crippen LogP contribution in [0.15, 0.2) is 63.1 Å². The zero-order valence-electron chi connectivity index (χ0n) is 14.6. The third-order valence-corrected chi connectivity index (χ3v) is 4.84. The van der Waals surface area contributed by atoms with Gasteiger partial charge in [0.05, 0.1) is 12.0 Å². The molecule has 0 spiro atoms. The van der Waals surface area contributed by atoms with E-state index in [-0.39, 0.29) is 5.91 Å². The van der Waals surface area contributed by atoms with Gasteiger partial charge in [-0.3, -0.25) is 4.79 Å². The standard InChI is InChI=1S/C20H17N3O3S/c1-13-4-6-14(7-5-13)19-22-15(11-26-19)8-9-21-18(24)16-12-27-20(23-16)17-3-2-10-25-17/h2-7,10-12H,8-9H2,1H3,(H,21,24). The maximum absolute atomic E-state index is 12.2. The van der Waals surface area contributed by atoms with Crippen molar-refractivity contribution in [3.05, 3.63) is 71.3 Å². The predicted octanol–water partition coefficient (Wildman–Crippen LogP) is 4.34. The van der Waals surface area contributed by atoms with Crippen LogP contribution in [0.3, 0.4) is 0 Å². The number of thiazole rings is 1. The molecule has 0 aliphatic rings. The van der Waals surface area contributed by atoms with Crippen LogP contribution in [0.2, 0.25) is 0 Å². The summed E-state index contributed by atoms with van der Waals surface area (Å²) < 4.78 is 10.8. The lowest BCUT2D eigenvalue weighted by Crippen LogP contribution is -2.26. The van der Waals surface area contributed by atoms with E-state index < -0.39 is 0 Å². The molecule has 4 rings (SSSR count). The van der Waals surface area contributed by atoms with Crippen molar-refractivity contribution in [1.82, 2.24) is 15.3 Å². The predicted molar refractivity (Wildman–Crippen MR) is 103 cm³/mol. The summed E-state index contributed by atoms with van der Waals surface area (Å²) in [5.41, 5.74) is 3.29. The van der Waals surface area contributed by atoms with Gasteiger partial charge in [-0.15, -0.1) is 11.3 Å². The van der Waals surface area contributed by atoms with Crippen LogP contribution < -0.4 is 5.32 Å². The van der Waals surface area contributed by atoms with Crippen LogP contribution in [0.5, 0.6) is 0 Å². The number of furan rings is 1. The summed E-state index contributed by atoms with van der Waals surface area (Å²) in [5.74, 6) is 1.02. The van der Waals surface area contributed by atoms with Gasteiger partial charge in [-0.25, -0.2) is 9.97 Å². The zero-order valence-corrected chi connectivity index (χ0v) is 15.5. The summed E-state index contributed by atoms with van der Waals surface area (Å²) in [7, 11) is 0. The highest BCUT2D eigenvalue weighted by atomic mass is 32.1. The Balaban J connectivity index is 1.32. The number of aromatic nitrogens is 2. The molecule has 1 amide bonds. The number of rotatable bonds is 6. The summed E-state index contributed by atoms with van der Waals surface area (Å²) in [5, 5.41) is 5.26. The van der Waals surface area contributed by atoms with Crippen molar-refractivity contribution in [3.8, 4) is 22.2 Å². The minimum absolute atomic E-state index is 0.216. The van der Waals surface area contributed by atoms with E-state index in [4.69, 9.17) is 8.83 Å². The van der Waals surface area contributed by atoms with Crippen LogP contribution in [0.4, 0.5) is 0 Å². The summed E-state index contributed by atoms with van der Waals surface area (Å²) in [6, 6.07) is 11.6. The van der Waals surface area contributed by atoms with Gasteiger partial charge >= 0.3 is 0 Å². The molecule has 6 nitrogen and oxygen atoms in total. The van der Waals surface area contributed by atoms with Crippen LogP contribution in [-0.4, -0.2) is 22.4 Å². The third kappa shape index (κ3) is 3.98. The molecule has 27 heavy (non-hydrogen) atoms. The van der Waals surface area contributed by atoms with Gasteiger partial charge in [0.2, 0.25) is 5.89 Å². The summed E-state index contributed by atoms with van der Waals surface area (Å²) in [6.45, 7) is 2.49. The molecule has 0 unspecified atom stereocenters. The monoisotopic (exact) mass is 379 g/mol. The molecule has 0 fully saturated rings. The van der Waals surface area contributed by atoms with E-state index in [2.05, 4.69) is 15.3 Å². The second-order valence-electron chi connectivity index (χ2n) is 6.03. The van der Waals surface area contributed by atoms with Crippen molar-refractivity contribution >= 4 is 17.2 Å². The Morgan fingerprint density at radius 3 is 2.78 bits per heavy atom. The number of carbonyl (C=O) groups excluding carboxylic acids is 1. The molecule has 0 bridgehead atoms. The van der Waals surface area contributed by atoms with Crippen molar-refractivity contribution in [1.29, 1.82) is 0 Å². The molecule has 0 saturated carbocycles. The van der Waals surface area contributed by atoms with E-state index in [1.807, 2.05) is 37.3 Å². The van der Waals surface area contributed by atoms with Crippen LogP contribution in [0, 0.1) is 6.92 Å². The first-order valence-corrected chi connectivity index (χ1v) is 9.36. The smallest absolute Gasteiger partial charge is 0.270 e. The van der Waals surface area contributed by atoms with Crippen LogP contribution >= 0.6 is 11.3 Å². The molecule has 0 saturated heterocycles. The van der Waals surface area contributed by atoms with E-state index in [1.165, 1.54) is 16.9 Å². The summed E-state index contributed by atoms with van der Waals surface area (Å²) in [4.78, 5) is 21.0. The van der Waals surface area contributed by atoms with E-state index >= 15 is 0 Å². The van der Waals surface area contributed by atoms with Gasteiger partial charge in [-0.1, -0.05) is 17.7 Å². The Morgan fingerprint density at radius 2 is 2.00 bits per heavy atom. The highest BCUT2D eigenvalue weighted by Crippen LogP contribution is 2.24. The quantitative estimate of drug-likeness (QED) is 0.539. The average molecular weight is 379 g/mol. The van der Waals surface area contributed by atoms with E-state index in [1.54, 1.807) is 24.0 Å². The fourth-order valence-electron chi connectivity index (χ4n) is 2.54. The summed E-state index contributed by atoms with van der Waals surface area (Å²) in [6.07, 6.45) is 3.79. The van der Waals surface area contributed by atoms with Crippen molar-refractivity contribution in [3.63, 3.8) is 0 Å². The average Bonchev–Trinajstić information content (AvgIpc) is 3.43. The Morgan fingerprint density at radius 1 is 1.15 bits per heavy atom. The van der Waals surface area contributed by atoms with Crippen molar-refractivity contribution in [2.45, 2.75) is 13.3 Å². The topological polar surface area (TPSA) is 81.2 Å². The van der Waals surface area contributed by atoms with E-state index in [0.29, 0.717) is 35.3 Å². The molecule has 3 aromatic heterocycles. The number of carbonyl (C=O) groups is 1. The molecule has 0 radical (unpaired) electrons. The number of nitrogens with zero attached hydrogens (tertiary/aromatic N) is 2. The molecule has 0 aliphatic heterocycles. The highest BCUT2D eigenvalue weighted by Gasteiger charge is 2.13. The van der Waals surface area contributed by atoms with Gasteiger partial charge in [-0.05, 0) is 31.2 Å². The maximum Gasteiger partial charge on any atom is 0.270 e. The number of benzene rings is 1. The van der Waals surface area contributed by atoms with Crippen LogP contribution in [0.25, 0.3) is 22.2 Å². The molecule has 0 aliphatic carbocycles. The molecule has 1 N–H and O–H groups in total. The lowest BCUT2D eigenvalue weighted by Gasteiger charge is -2.00. The molecular weight excluding hydrogens is 362 g/mol. The SMILES string of the molecule is Cc1ccc(-c2nc(CCNC(=O)c3csc(-c4ccco4)n3)co2)cc1. The highest BCUT2D eigenvalue weighted by molar-refractivity contribution is 7.13. The van der Waals surface area contributed by atoms with Crippen molar-refractivity contribution in [2.24, 2.45) is 0 Å². The summed E-state index contributed by atoms with van der Waals surface area (Å²) >= 11 is 1.37. The first kappa shape index (κ1) is 17.2. The number of aryl methyl sites for hydroxylation is 1. The number of amides is 1. The Kier molecular flexibility index (Phi) is 4.84. The Hall–Kier alpha value is -3.19. The lowest BCUT2D eigenvalue weighted by molar-refractivity contribution is 0.0950. The first-order chi connectivity index (χ1) is 13.2. The number of hydrogen-bond acceptors (Lipinski definition) is 6. The van der Waals surface area contributed by atoms with Gasteiger partial charge in [0, 0.05) is 23.9 Å². The van der Waals surface area contributed by atoms with Gasteiger partial charge in [0.1, 0.15) is 12.0 Å². The maximum atomic E-state index is 12.2. The Labute approximate surface area is 159 Å². The number of nitrogens with one attached hydrogen (secondary N) is 1. The normalized spacial score (nSPS) is 10.9. The lowest BCUT2D eigenvalue weighted by atomic mass is 10.1.